The van der Waals surface area contributed by atoms with Crippen molar-refractivity contribution in [1.29, 1.82) is 0 Å². The van der Waals surface area contributed by atoms with Gasteiger partial charge in [0.1, 0.15) is 6.10 Å². The molecular weight excluding hydrogens is 396 g/mol. The highest BCUT2D eigenvalue weighted by molar-refractivity contribution is 5.91. The quantitative estimate of drug-likeness (QED) is 0.328. The molecule has 7 atom stereocenters. The average molecular weight is 437 g/mol. The number of fused-ring (bicyclic) bond motifs is 5. The highest BCUT2D eigenvalue weighted by Gasteiger charge is 2.58. The summed E-state index contributed by atoms with van der Waals surface area (Å²) in [4.78, 5) is 12.8. The number of nitrogen functional groups attached to an aromatic ring is 2. The lowest BCUT2D eigenvalue weighted by molar-refractivity contribution is -0.0528. The largest absolute Gasteiger partial charge is 0.458 e. The van der Waals surface area contributed by atoms with Crippen LogP contribution in [-0.4, -0.2) is 12.1 Å². The zero-order chi connectivity index (χ0) is 22.7. The number of rotatable bonds is 3. The Balaban J connectivity index is 1.31. The van der Waals surface area contributed by atoms with Crippen LogP contribution in [0, 0.1) is 34.5 Å². The number of carbonyl (C=O) groups is 1. The molecule has 3 fully saturated rings. The van der Waals surface area contributed by atoms with E-state index in [0.29, 0.717) is 22.4 Å². The molecule has 4 aliphatic carbocycles. The van der Waals surface area contributed by atoms with Crippen LogP contribution in [0.5, 0.6) is 0 Å². The highest BCUT2D eigenvalue weighted by atomic mass is 16.5. The molecular formula is C28H40N2O2. The summed E-state index contributed by atoms with van der Waals surface area (Å²) >= 11 is 0. The fourth-order valence-corrected chi connectivity index (χ4v) is 8.52. The van der Waals surface area contributed by atoms with Crippen molar-refractivity contribution < 1.29 is 9.53 Å². The summed E-state index contributed by atoms with van der Waals surface area (Å²) in [6.45, 7) is 7.52. The van der Waals surface area contributed by atoms with E-state index in [4.69, 9.17) is 16.2 Å². The second kappa shape index (κ2) is 7.81. The average Bonchev–Trinajstić information content (AvgIpc) is 3.09. The van der Waals surface area contributed by atoms with Crippen LogP contribution >= 0.6 is 0 Å². The Morgan fingerprint density at radius 3 is 2.50 bits per heavy atom. The number of nitrogens with two attached hydrogens (primary N) is 2. The van der Waals surface area contributed by atoms with Crippen molar-refractivity contribution in [2.24, 2.45) is 34.5 Å². The van der Waals surface area contributed by atoms with Gasteiger partial charge in [0.25, 0.3) is 0 Å². The smallest absolute Gasteiger partial charge is 0.338 e. The maximum Gasteiger partial charge on any atom is 0.338 e. The number of anilines is 2. The molecule has 4 aliphatic rings. The molecule has 7 unspecified atom stereocenters. The SMILES string of the molecule is CCC1CCC2C3CC=C4CC(OC(=O)c5cc(N)cc(N)c5)CCC4(C)C3CCC12C. The van der Waals surface area contributed by atoms with Crippen LogP contribution in [0.4, 0.5) is 11.4 Å². The molecule has 4 heteroatoms. The Kier molecular flexibility index (Phi) is 5.34. The topological polar surface area (TPSA) is 78.3 Å². The van der Waals surface area contributed by atoms with Crippen molar-refractivity contribution in [2.45, 2.75) is 84.7 Å². The van der Waals surface area contributed by atoms with Gasteiger partial charge in [0.05, 0.1) is 5.56 Å². The summed E-state index contributed by atoms with van der Waals surface area (Å²) in [6.07, 6.45) is 13.6. The number of carbonyl (C=O) groups excluding carboxylic acids is 1. The lowest BCUT2D eigenvalue weighted by atomic mass is 9.47. The van der Waals surface area contributed by atoms with E-state index in [1.54, 1.807) is 23.8 Å². The van der Waals surface area contributed by atoms with Gasteiger partial charge in [0, 0.05) is 17.8 Å². The van der Waals surface area contributed by atoms with Gasteiger partial charge in [-0.25, -0.2) is 4.79 Å². The van der Waals surface area contributed by atoms with Gasteiger partial charge in [-0.3, -0.25) is 0 Å². The van der Waals surface area contributed by atoms with E-state index >= 15 is 0 Å². The van der Waals surface area contributed by atoms with Gasteiger partial charge in [-0.2, -0.15) is 0 Å². The standard InChI is InChI=1S/C28H40N2O2/c1-4-18-6-8-24-23-7-5-19-15-22(32-26(31)17-13-20(29)16-21(30)14-17)9-11-28(19,3)25(23)10-12-27(18,24)2/h5,13-14,16,18,22-25H,4,6-12,15,29-30H2,1-3H3. The van der Waals surface area contributed by atoms with E-state index in [2.05, 4.69) is 26.8 Å². The van der Waals surface area contributed by atoms with Crippen LogP contribution < -0.4 is 11.5 Å². The normalized spacial score (nSPS) is 40.6. The van der Waals surface area contributed by atoms with Crippen molar-refractivity contribution in [3.63, 3.8) is 0 Å². The molecule has 0 spiro atoms. The molecule has 5 rings (SSSR count). The van der Waals surface area contributed by atoms with Gasteiger partial charge in [-0.1, -0.05) is 38.8 Å². The molecule has 0 aromatic heterocycles. The molecule has 0 aliphatic heterocycles. The van der Waals surface area contributed by atoms with Gasteiger partial charge >= 0.3 is 5.97 Å². The summed E-state index contributed by atoms with van der Waals surface area (Å²) in [5.41, 5.74) is 15.6. The molecule has 1 aromatic rings. The van der Waals surface area contributed by atoms with Crippen LogP contribution in [-0.2, 0) is 4.74 Å². The summed E-state index contributed by atoms with van der Waals surface area (Å²) in [7, 11) is 0. The maximum atomic E-state index is 12.8. The molecule has 0 amide bonds. The lowest BCUT2D eigenvalue weighted by Crippen LogP contribution is -2.50. The van der Waals surface area contributed by atoms with E-state index in [1.807, 2.05) is 0 Å². The second-order valence-corrected chi connectivity index (χ2v) is 11.6. The molecule has 3 saturated carbocycles. The number of hydrogen-bond acceptors (Lipinski definition) is 4. The molecule has 4 nitrogen and oxygen atoms in total. The first-order valence-corrected chi connectivity index (χ1v) is 12.8. The Morgan fingerprint density at radius 1 is 1.03 bits per heavy atom. The van der Waals surface area contributed by atoms with Crippen LogP contribution in [0.25, 0.3) is 0 Å². The summed E-state index contributed by atoms with van der Waals surface area (Å²) < 4.78 is 5.94. The van der Waals surface area contributed by atoms with Gasteiger partial charge in [0.2, 0.25) is 0 Å². The number of hydrogen-bond donors (Lipinski definition) is 2. The number of ether oxygens (including phenoxy) is 1. The highest BCUT2D eigenvalue weighted by Crippen LogP contribution is 2.66. The van der Waals surface area contributed by atoms with Crippen LogP contribution in [0.3, 0.4) is 0 Å². The Bertz CT molecular complexity index is 919. The van der Waals surface area contributed by atoms with Gasteiger partial charge < -0.3 is 16.2 Å². The van der Waals surface area contributed by atoms with E-state index < -0.39 is 0 Å². The predicted molar refractivity (Wildman–Crippen MR) is 130 cm³/mol. The van der Waals surface area contributed by atoms with E-state index in [0.717, 1.165) is 42.9 Å². The minimum Gasteiger partial charge on any atom is -0.458 e. The zero-order valence-corrected chi connectivity index (χ0v) is 20.0. The van der Waals surface area contributed by atoms with Crippen molar-refractivity contribution >= 4 is 17.3 Å². The van der Waals surface area contributed by atoms with Gasteiger partial charge in [-0.05, 0) is 97.6 Å². The minimum absolute atomic E-state index is 0.0501. The predicted octanol–water partition coefficient (Wildman–Crippen LogP) is 6.37. The van der Waals surface area contributed by atoms with Crippen LogP contribution in [0.2, 0.25) is 0 Å². The maximum absolute atomic E-state index is 12.8. The first-order valence-electron chi connectivity index (χ1n) is 12.8. The zero-order valence-electron chi connectivity index (χ0n) is 20.0. The van der Waals surface area contributed by atoms with Crippen molar-refractivity contribution in [1.82, 2.24) is 0 Å². The number of esters is 1. The molecule has 0 radical (unpaired) electrons. The third kappa shape index (κ3) is 3.36. The van der Waals surface area contributed by atoms with Crippen LogP contribution in [0.15, 0.2) is 29.8 Å². The Labute approximate surface area is 193 Å². The fraction of sp³-hybridized carbons (Fsp3) is 0.679. The van der Waals surface area contributed by atoms with E-state index in [1.165, 1.54) is 38.5 Å². The fourth-order valence-electron chi connectivity index (χ4n) is 8.52. The lowest BCUT2D eigenvalue weighted by Gasteiger charge is -2.58. The Hall–Kier alpha value is -1.97. The van der Waals surface area contributed by atoms with E-state index in [9.17, 15) is 4.79 Å². The summed E-state index contributed by atoms with van der Waals surface area (Å²) in [5, 5.41) is 0. The molecule has 0 heterocycles. The first kappa shape index (κ1) is 21.9. The van der Waals surface area contributed by atoms with Gasteiger partial charge in [0.15, 0.2) is 0 Å². The first-order chi connectivity index (χ1) is 15.2. The monoisotopic (exact) mass is 436 g/mol. The third-order valence-corrected chi connectivity index (χ3v) is 10.2. The van der Waals surface area contributed by atoms with Gasteiger partial charge in [-0.15, -0.1) is 0 Å². The van der Waals surface area contributed by atoms with E-state index in [-0.39, 0.29) is 17.5 Å². The molecule has 4 N–H and O–H groups in total. The van der Waals surface area contributed by atoms with Crippen molar-refractivity contribution in [2.75, 3.05) is 11.5 Å². The molecule has 1 aromatic carbocycles. The van der Waals surface area contributed by atoms with Crippen LogP contribution in [0.1, 0.15) is 88.9 Å². The second-order valence-electron chi connectivity index (χ2n) is 11.6. The molecule has 0 bridgehead atoms. The number of allylic oxidation sites excluding steroid dienone is 1. The minimum atomic E-state index is -0.308. The summed E-state index contributed by atoms with van der Waals surface area (Å²) in [6, 6.07) is 4.97. The molecule has 0 saturated heterocycles. The number of benzene rings is 1. The Morgan fingerprint density at radius 2 is 1.78 bits per heavy atom. The molecule has 32 heavy (non-hydrogen) atoms. The van der Waals surface area contributed by atoms with Crippen molar-refractivity contribution in [3.05, 3.63) is 35.4 Å². The summed E-state index contributed by atoms with van der Waals surface area (Å²) in [5.74, 6) is 3.14. The van der Waals surface area contributed by atoms with Crippen molar-refractivity contribution in [3.8, 4) is 0 Å². The molecule has 174 valence electrons. The third-order valence-electron chi connectivity index (χ3n) is 10.2.